The van der Waals surface area contributed by atoms with Crippen molar-refractivity contribution in [1.82, 2.24) is 4.98 Å². The van der Waals surface area contributed by atoms with Gasteiger partial charge in [0.15, 0.2) is 0 Å². The van der Waals surface area contributed by atoms with E-state index < -0.39 is 0 Å². The lowest BCUT2D eigenvalue weighted by molar-refractivity contribution is 0.248. The number of ether oxygens (including phenoxy) is 2. The van der Waals surface area contributed by atoms with Crippen molar-refractivity contribution in [2.24, 2.45) is 0 Å². The summed E-state index contributed by atoms with van der Waals surface area (Å²) in [5, 5.41) is 1.17. The Morgan fingerprint density at radius 1 is 1.15 bits per heavy atom. The lowest BCUT2D eigenvalue weighted by Crippen LogP contribution is -2.11. The Hall–Kier alpha value is -2.42. The zero-order valence-electron chi connectivity index (χ0n) is 11.0. The van der Waals surface area contributed by atoms with E-state index in [1.54, 1.807) is 0 Å². The third-order valence-corrected chi connectivity index (χ3v) is 3.77. The molecule has 3 nitrogen and oxygen atoms in total. The van der Waals surface area contributed by atoms with E-state index in [9.17, 15) is 0 Å². The molecule has 1 aliphatic heterocycles. The first-order valence-corrected chi connectivity index (χ1v) is 6.82. The molecule has 1 aromatic heterocycles. The smallest absolute Gasteiger partial charge is 0.123 e. The number of hydrogen-bond acceptors (Lipinski definition) is 2. The van der Waals surface area contributed by atoms with Gasteiger partial charge in [0.2, 0.25) is 0 Å². The molecule has 0 radical (unpaired) electrons. The molecule has 1 unspecified atom stereocenters. The summed E-state index contributed by atoms with van der Waals surface area (Å²) in [6.07, 6.45) is 1.94. The van der Waals surface area contributed by atoms with Crippen molar-refractivity contribution < 1.29 is 9.47 Å². The number of aromatic amines is 1. The van der Waals surface area contributed by atoms with Crippen molar-refractivity contribution in [3.05, 3.63) is 60.3 Å². The zero-order chi connectivity index (χ0) is 13.4. The molecule has 0 spiro atoms. The molecule has 3 aromatic rings. The summed E-state index contributed by atoms with van der Waals surface area (Å²) in [7, 11) is 0. The van der Waals surface area contributed by atoms with Crippen LogP contribution in [-0.2, 0) is 0 Å². The highest BCUT2D eigenvalue weighted by Crippen LogP contribution is 2.33. The lowest BCUT2D eigenvalue weighted by Gasteiger charge is -2.11. The SMILES string of the molecule is c1ccc2c(c1)OCC2COc1ccc2[nH]ccc2c1. The zero-order valence-corrected chi connectivity index (χ0v) is 11.0. The maximum Gasteiger partial charge on any atom is 0.123 e. The monoisotopic (exact) mass is 265 g/mol. The standard InChI is InChI=1S/C17H15NO2/c1-2-4-17-15(3-1)13(11-20-17)10-19-14-5-6-16-12(9-14)7-8-18-16/h1-9,13,18H,10-11H2. The van der Waals surface area contributed by atoms with Crippen LogP contribution < -0.4 is 9.47 Å². The van der Waals surface area contributed by atoms with E-state index in [-0.39, 0.29) is 0 Å². The number of H-pyrrole nitrogens is 1. The highest BCUT2D eigenvalue weighted by atomic mass is 16.5. The summed E-state index contributed by atoms with van der Waals surface area (Å²) in [5.74, 6) is 2.21. The number of para-hydroxylation sites is 1. The molecule has 2 heterocycles. The summed E-state index contributed by atoms with van der Waals surface area (Å²) in [6.45, 7) is 1.35. The number of benzene rings is 2. The molecule has 0 aliphatic carbocycles. The first-order valence-electron chi connectivity index (χ1n) is 6.82. The Morgan fingerprint density at radius 2 is 2.10 bits per heavy atom. The molecule has 3 heteroatoms. The molecule has 1 aliphatic rings. The summed E-state index contributed by atoms with van der Waals surface area (Å²) in [4.78, 5) is 3.18. The second kappa shape index (κ2) is 4.60. The predicted molar refractivity (Wildman–Crippen MR) is 78.5 cm³/mol. The fraction of sp³-hybridized carbons (Fsp3) is 0.176. The van der Waals surface area contributed by atoms with Gasteiger partial charge >= 0.3 is 0 Å². The first-order chi connectivity index (χ1) is 9.90. The first kappa shape index (κ1) is 11.4. The molecule has 0 fully saturated rings. The highest BCUT2D eigenvalue weighted by Gasteiger charge is 2.24. The van der Waals surface area contributed by atoms with Gasteiger partial charge in [-0.15, -0.1) is 0 Å². The summed E-state index contributed by atoms with van der Waals surface area (Å²) in [5.41, 5.74) is 2.38. The van der Waals surface area contributed by atoms with Crippen LogP contribution in [0.5, 0.6) is 11.5 Å². The van der Waals surface area contributed by atoms with E-state index >= 15 is 0 Å². The molecule has 0 amide bonds. The van der Waals surface area contributed by atoms with Crippen LogP contribution in [0.1, 0.15) is 11.5 Å². The molecule has 0 saturated heterocycles. The third kappa shape index (κ3) is 1.92. The summed E-state index contributed by atoms with van der Waals surface area (Å²) >= 11 is 0. The molecule has 2 aromatic carbocycles. The third-order valence-electron chi connectivity index (χ3n) is 3.77. The molecule has 0 bridgehead atoms. The molecule has 20 heavy (non-hydrogen) atoms. The van der Waals surface area contributed by atoms with Crippen LogP contribution in [-0.4, -0.2) is 18.2 Å². The van der Waals surface area contributed by atoms with Crippen molar-refractivity contribution in [1.29, 1.82) is 0 Å². The fourth-order valence-electron chi connectivity index (χ4n) is 2.69. The number of fused-ring (bicyclic) bond motifs is 2. The number of aromatic nitrogens is 1. The molecule has 4 rings (SSSR count). The Kier molecular flexibility index (Phi) is 2.62. The Labute approximate surface area is 117 Å². The number of rotatable bonds is 3. The van der Waals surface area contributed by atoms with Crippen molar-refractivity contribution in [3.63, 3.8) is 0 Å². The van der Waals surface area contributed by atoms with Gasteiger partial charge < -0.3 is 14.5 Å². The van der Waals surface area contributed by atoms with Gasteiger partial charge in [0.05, 0.1) is 19.1 Å². The van der Waals surface area contributed by atoms with Gasteiger partial charge in [-0.1, -0.05) is 18.2 Å². The predicted octanol–water partition coefficient (Wildman–Crippen LogP) is 3.72. The molecule has 1 N–H and O–H groups in total. The van der Waals surface area contributed by atoms with Crippen molar-refractivity contribution >= 4 is 10.9 Å². The Bertz CT molecular complexity index is 747. The van der Waals surface area contributed by atoms with Crippen molar-refractivity contribution in [2.75, 3.05) is 13.2 Å². The maximum atomic E-state index is 5.93. The Morgan fingerprint density at radius 3 is 3.10 bits per heavy atom. The molecular weight excluding hydrogens is 250 g/mol. The van der Waals surface area contributed by atoms with Crippen LogP contribution in [0.2, 0.25) is 0 Å². The molecule has 1 atom stereocenters. The van der Waals surface area contributed by atoms with Crippen molar-refractivity contribution in [3.8, 4) is 11.5 Å². The van der Waals surface area contributed by atoms with Crippen molar-refractivity contribution in [2.45, 2.75) is 5.92 Å². The minimum atomic E-state index is 0.313. The van der Waals surface area contributed by atoms with Gasteiger partial charge in [0.1, 0.15) is 11.5 Å². The number of nitrogens with one attached hydrogen (secondary N) is 1. The van der Waals surface area contributed by atoms with E-state index in [1.807, 2.05) is 36.5 Å². The van der Waals surface area contributed by atoms with Gasteiger partial charge in [-0.3, -0.25) is 0 Å². The van der Waals surface area contributed by atoms with Gasteiger partial charge in [0.25, 0.3) is 0 Å². The summed E-state index contributed by atoms with van der Waals surface area (Å²) < 4.78 is 11.6. The lowest BCUT2D eigenvalue weighted by atomic mass is 10.0. The van der Waals surface area contributed by atoms with Gasteiger partial charge in [-0.05, 0) is 30.3 Å². The van der Waals surface area contributed by atoms with Gasteiger partial charge in [-0.2, -0.15) is 0 Å². The highest BCUT2D eigenvalue weighted by molar-refractivity contribution is 5.80. The van der Waals surface area contributed by atoms with E-state index in [1.165, 1.54) is 10.9 Å². The van der Waals surface area contributed by atoms with Crippen LogP contribution in [0.15, 0.2) is 54.7 Å². The van der Waals surface area contributed by atoms with Crippen LogP contribution >= 0.6 is 0 Å². The maximum absolute atomic E-state index is 5.93. The topological polar surface area (TPSA) is 34.2 Å². The van der Waals surface area contributed by atoms with Crippen LogP contribution in [0.3, 0.4) is 0 Å². The van der Waals surface area contributed by atoms with Crippen LogP contribution in [0.4, 0.5) is 0 Å². The van der Waals surface area contributed by atoms with E-state index in [4.69, 9.17) is 9.47 Å². The molecular formula is C17H15NO2. The quantitative estimate of drug-likeness (QED) is 0.783. The van der Waals surface area contributed by atoms with E-state index in [0.717, 1.165) is 17.0 Å². The minimum Gasteiger partial charge on any atom is -0.493 e. The second-order valence-corrected chi connectivity index (χ2v) is 5.08. The van der Waals surface area contributed by atoms with E-state index in [2.05, 4.69) is 23.2 Å². The molecule has 100 valence electrons. The Balaban J connectivity index is 1.51. The van der Waals surface area contributed by atoms with Gasteiger partial charge in [0, 0.05) is 22.7 Å². The summed E-state index contributed by atoms with van der Waals surface area (Å²) in [6, 6.07) is 16.3. The average Bonchev–Trinajstić information content (AvgIpc) is 3.11. The minimum absolute atomic E-state index is 0.313. The van der Waals surface area contributed by atoms with E-state index in [0.29, 0.717) is 19.1 Å². The molecule has 0 saturated carbocycles. The average molecular weight is 265 g/mol. The normalized spacial score (nSPS) is 16.9. The fourth-order valence-corrected chi connectivity index (χ4v) is 2.69. The van der Waals surface area contributed by atoms with Crippen LogP contribution in [0, 0.1) is 0 Å². The second-order valence-electron chi connectivity index (χ2n) is 5.08. The number of hydrogen-bond donors (Lipinski definition) is 1. The largest absolute Gasteiger partial charge is 0.493 e. The van der Waals surface area contributed by atoms with Crippen LogP contribution in [0.25, 0.3) is 10.9 Å². The van der Waals surface area contributed by atoms with Gasteiger partial charge in [-0.25, -0.2) is 0 Å².